The van der Waals surface area contributed by atoms with Crippen LogP contribution in [0.5, 0.6) is 0 Å². The molecule has 2 aliphatic heterocycles. The van der Waals surface area contributed by atoms with Crippen molar-refractivity contribution in [3.05, 3.63) is 89.0 Å². The first-order valence-electron chi connectivity index (χ1n) is 16.6. The fourth-order valence-corrected chi connectivity index (χ4v) is 10.4. The van der Waals surface area contributed by atoms with Gasteiger partial charge in [0.05, 0.1) is 11.5 Å². The summed E-state index contributed by atoms with van der Waals surface area (Å²) in [4.78, 5) is 4.21. The second kappa shape index (κ2) is 9.03. The first-order chi connectivity index (χ1) is 20.9. The zero-order valence-electron chi connectivity index (χ0n) is 27.9. The van der Waals surface area contributed by atoms with Gasteiger partial charge in [-0.15, -0.1) is 15.9 Å². The SMILES string of the molecule is CC(C)C1=[N+](C(C)C)C2(c3ccc4c(c3-c3ccc5cc(C(C)C)ccc5[n+]32)-c2sc3ccccc3c2C4(C)C)N1C(C)C. The summed E-state index contributed by atoms with van der Waals surface area (Å²) in [6, 6.07) is 26.7. The van der Waals surface area contributed by atoms with E-state index in [-0.39, 0.29) is 5.41 Å². The molecule has 5 aromatic rings. The Hall–Kier alpha value is -3.50. The van der Waals surface area contributed by atoms with Gasteiger partial charge >= 0.3 is 5.79 Å². The third kappa shape index (κ3) is 3.18. The highest BCUT2D eigenvalue weighted by Crippen LogP contribution is 2.61. The number of benzene rings is 3. The number of nitrogens with zero attached hydrogens (tertiary/aromatic N) is 3. The average molecular weight is 600 g/mol. The molecule has 8 rings (SSSR count). The monoisotopic (exact) mass is 599 g/mol. The molecule has 224 valence electrons. The van der Waals surface area contributed by atoms with E-state index in [1.54, 1.807) is 0 Å². The highest BCUT2D eigenvalue weighted by molar-refractivity contribution is 7.22. The normalized spacial score (nSPS) is 19.6. The van der Waals surface area contributed by atoms with Crippen LogP contribution in [0.3, 0.4) is 0 Å². The number of hydrogen-bond acceptors (Lipinski definition) is 2. The fraction of sp³-hybridized carbons (Fsp3) is 0.400. The van der Waals surface area contributed by atoms with Gasteiger partial charge in [-0.1, -0.05) is 71.9 Å². The van der Waals surface area contributed by atoms with E-state index in [9.17, 15) is 0 Å². The molecule has 1 spiro atoms. The van der Waals surface area contributed by atoms with E-state index >= 15 is 0 Å². The van der Waals surface area contributed by atoms with Gasteiger partial charge in [-0.25, -0.2) is 0 Å². The highest BCUT2D eigenvalue weighted by atomic mass is 32.1. The van der Waals surface area contributed by atoms with Crippen LogP contribution in [0.25, 0.3) is 42.7 Å². The van der Waals surface area contributed by atoms with E-state index in [0.29, 0.717) is 23.9 Å². The standard InChI is InChI=1S/C40H45N3S/c1-22(2)26-15-19-31-27(21-26)16-20-32-34-30(40(43(31)32)41(24(5)6)38(23(3)4)42(40)25(7)8)18-17-29-35(34)37-36(39(29,9)10)28-13-11-12-14-33(28)44-37/h11-25H,1-10H3/q+2. The van der Waals surface area contributed by atoms with Crippen molar-refractivity contribution >= 4 is 38.2 Å². The Morgan fingerprint density at radius 1 is 0.750 bits per heavy atom. The Morgan fingerprint density at radius 2 is 1.48 bits per heavy atom. The van der Waals surface area contributed by atoms with E-state index in [1.807, 2.05) is 11.3 Å². The molecule has 0 bridgehead atoms. The molecule has 1 atom stereocenters. The van der Waals surface area contributed by atoms with Gasteiger partial charge in [0.25, 0.3) is 5.84 Å². The summed E-state index contributed by atoms with van der Waals surface area (Å²) in [5.41, 5.74) is 11.2. The Kier molecular flexibility index (Phi) is 5.75. The van der Waals surface area contributed by atoms with Crippen molar-refractivity contribution in [1.82, 2.24) is 4.90 Å². The fourth-order valence-electron chi connectivity index (χ4n) is 8.96. The van der Waals surface area contributed by atoms with Crippen molar-refractivity contribution in [3.63, 3.8) is 0 Å². The minimum Gasteiger partial charge on any atom is -0.156 e. The van der Waals surface area contributed by atoms with Crippen molar-refractivity contribution in [3.8, 4) is 21.7 Å². The summed E-state index contributed by atoms with van der Waals surface area (Å²) < 4.78 is 6.86. The second-order valence-electron chi connectivity index (χ2n) is 14.9. The van der Waals surface area contributed by atoms with Crippen LogP contribution in [0.4, 0.5) is 0 Å². The van der Waals surface area contributed by atoms with Crippen LogP contribution in [0, 0.1) is 5.92 Å². The lowest BCUT2D eigenvalue weighted by Gasteiger charge is -2.46. The zero-order valence-corrected chi connectivity index (χ0v) is 28.7. The van der Waals surface area contributed by atoms with Gasteiger partial charge in [-0.3, -0.25) is 0 Å². The molecular formula is C40H45N3S+2. The van der Waals surface area contributed by atoms with Crippen molar-refractivity contribution in [2.45, 2.75) is 98.4 Å². The lowest BCUT2D eigenvalue weighted by molar-refractivity contribution is -0.955. The van der Waals surface area contributed by atoms with Crippen LogP contribution in [0.1, 0.15) is 97.4 Å². The van der Waals surface area contributed by atoms with E-state index in [0.717, 1.165) is 0 Å². The molecule has 0 amide bonds. The van der Waals surface area contributed by atoms with Gasteiger partial charge < -0.3 is 0 Å². The largest absolute Gasteiger partial charge is 0.479 e. The zero-order chi connectivity index (χ0) is 31.0. The van der Waals surface area contributed by atoms with Crippen LogP contribution in [-0.4, -0.2) is 27.4 Å². The minimum absolute atomic E-state index is 0.0623. The third-order valence-corrected chi connectivity index (χ3v) is 11.8. The van der Waals surface area contributed by atoms with Crippen molar-refractivity contribution in [2.24, 2.45) is 5.92 Å². The smallest absolute Gasteiger partial charge is 0.156 e. The molecule has 3 nitrogen and oxygen atoms in total. The number of aromatic nitrogens is 1. The molecule has 2 aromatic heterocycles. The minimum atomic E-state index is -0.427. The lowest BCUT2D eigenvalue weighted by Crippen LogP contribution is -2.83. The van der Waals surface area contributed by atoms with Crippen LogP contribution in [-0.2, 0) is 11.2 Å². The molecule has 1 unspecified atom stereocenters. The maximum Gasteiger partial charge on any atom is 0.479 e. The van der Waals surface area contributed by atoms with Crippen molar-refractivity contribution < 1.29 is 9.14 Å². The van der Waals surface area contributed by atoms with E-state index in [4.69, 9.17) is 0 Å². The maximum atomic E-state index is 2.75. The Balaban J connectivity index is 1.57. The topological polar surface area (TPSA) is 10.1 Å². The molecule has 0 saturated heterocycles. The molecule has 0 N–H and O–H groups in total. The van der Waals surface area contributed by atoms with Crippen molar-refractivity contribution in [1.29, 1.82) is 0 Å². The number of fused-ring (bicyclic) bond motifs is 13. The summed E-state index contributed by atoms with van der Waals surface area (Å²) in [7, 11) is 0. The van der Waals surface area contributed by atoms with Crippen LogP contribution in [0.2, 0.25) is 0 Å². The summed E-state index contributed by atoms with van der Waals surface area (Å²) in [6.07, 6.45) is 0. The van der Waals surface area contributed by atoms with Crippen molar-refractivity contribution in [2.75, 3.05) is 0 Å². The van der Waals surface area contributed by atoms with E-state index in [1.165, 1.54) is 70.8 Å². The molecule has 4 heteroatoms. The first-order valence-corrected chi connectivity index (χ1v) is 17.4. The summed E-state index contributed by atoms with van der Waals surface area (Å²) >= 11 is 1.98. The van der Waals surface area contributed by atoms with Gasteiger partial charge in [0.2, 0.25) is 11.2 Å². The van der Waals surface area contributed by atoms with Gasteiger partial charge in [0.15, 0.2) is 0 Å². The van der Waals surface area contributed by atoms with E-state index < -0.39 is 5.79 Å². The summed E-state index contributed by atoms with van der Waals surface area (Å²) in [5, 5.41) is 2.73. The number of hydrogen-bond donors (Lipinski definition) is 0. The average Bonchev–Trinajstić information content (AvgIpc) is 3.56. The Bertz CT molecular complexity index is 2070. The van der Waals surface area contributed by atoms with Crippen LogP contribution >= 0.6 is 11.3 Å². The number of amidine groups is 1. The van der Waals surface area contributed by atoms with Crippen LogP contribution < -0.4 is 4.57 Å². The predicted octanol–water partition coefficient (Wildman–Crippen LogP) is 9.61. The molecule has 0 fully saturated rings. The molecule has 44 heavy (non-hydrogen) atoms. The molecular weight excluding hydrogens is 555 g/mol. The number of rotatable bonds is 4. The number of thiophene rings is 1. The third-order valence-electron chi connectivity index (χ3n) is 10.6. The van der Waals surface area contributed by atoms with Gasteiger partial charge in [-0.05, 0) is 80.0 Å². The summed E-state index contributed by atoms with van der Waals surface area (Å²) in [6.45, 7) is 23.7. The Labute approximate surface area is 266 Å². The second-order valence-corrected chi connectivity index (χ2v) is 16.0. The molecule has 3 aliphatic rings. The predicted molar refractivity (Wildman–Crippen MR) is 186 cm³/mol. The maximum absolute atomic E-state index is 2.75. The molecule has 4 heterocycles. The van der Waals surface area contributed by atoms with Gasteiger partial charge in [0.1, 0.15) is 17.6 Å². The molecule has 1 aliphatic carbocycles. The molecule has 0 radical (unpaired) electrons. The lowest BCUT2D eigenvalue weighted by atomic mass is 9.80. The molecule has 3 aromatic carbocycles. The van der Waals surface area contributed by atoms with Gasteiger partial charge in [-0.2, -0.15) is 9.48 Å². The van der Waals surface area contributed by atoms with Crippen LogP contribution in [0.15, 0.2) is 66.7 Å². The summed E-state index contributed by atoms with van der Waals surface area (Å²) in [5.74, 6) is 1.93. The van der Waals surface area contributed by atoms with Gasteiger partial charge in [0, 0.05) is 38.1 Å². The quantitative estimate of drug-likeness (QED) is 0.187. The first kappa shape index (κ1) is 28.0. The highest BCUT2D eigenvalue weighted by Gasteiger charge is 2.77. The molecule has 0 saturated carbocycles. The number of pyridine rings is 1. The van der Waals surface area contributed by atoms with E-state index in [2.05, 4.69) is 150 Å². The Morgan fingerprint density at radius 3 is 2.16 bits per heavy atom.